The van der Waals surface area contributed by atoms with Crippen molar-refractivity contribution in [1.82, 2.24) is 25.0 Å². The van der Waals surface area contributed by atoms with E-state index in [4.69, 9.17) is 9.26 Å². The number of ether oxygens (including phenoxy) is 1. The van der Waals surface area contributed by atoms with Crippen molar-refractivity contribution in [1.29, 1.82) is 0 Å². The maximum atomic E-state index is 12.4. The van der Waals surface area contributed by atoms with E-state index >= 15 is 0 Å². The molecule has 8 nitrogen and oxygen atoms in total. The molecule has 0 aliphatic carbocycles. The molecule has 1 aliphatic heterocycles. The predicted octanol–water partition coefficient (Wildman–Crippen LogP) is 1.92. The number of amides is 1. The number of hydrogen-bond donors (Lipinski definition) is 0. The first-order valence-corrected chi connectivity index (χ1v) is 8.32. The Morgan fingerprint density at radius 3 is 2.62 bits per heavy atom. The van der Waals surface area contributed by atoms with Gasteiger partial charge < -0.3 is 14.2 Å². The molecule has 1 saturated heterocycles. The second-order valence-electron chi connectivity index (χ2n) is 6.04. The Kier molecular flexibility index (Phi) is 4.30. The molecule has 1 amide bonds. The van der Waals surface area contributed by atoms with Gasteiger partial charge in [0, 0.05) is 25.5 Å². The van der Waals surface area contributed by atoms with Gasteiger partial charge in [0.25, 0.3) is 5.91 Å². The lowest BCUT2D eigenvalue weighted by molar-refractivity contribution is -0.142. The number of benzene rings is 1. The van der Waals surface area contributed by atoms with Crippen molar-refractivity contribution in [3.8, 4) is 17.4 Å². The van der Waals surface area contributed by atoms with Gasteiger partial charge in [0.05, 0.1) is 5.92 Å². The molecule has 0 N–H and O–H groups in total. The molecule has 132 valence electrons. The van der Waals surface area contributed by atoms with Crippen molar-refractivity contribution >= 4 is 5.91 Å². The van der Waals surface area contributed by atoms with E-state index in [0.717, 1.165) is 0 Å². The Morgan fingerprint density at radius 1 is 1.15 bits per heavy atom. The van der Waals surface area contributed by atoms with Gasteiger partial charge in [0.1, 0.15) is 5.75 Å². The topological polar surface area (TPSA) is 94.2 Å². The highest BCUT2D eigenvalue weighted by Gasteiger charge is 2.38. The Hall–Kier alpha value is -3.29. The van der Waals surface area contributed by atoms with Crippen LogP contribution in [-0.4, -0.2) is 50.1 Å². The van der Waals surface area contributed by atoms with Gasteiger partial charge in [-0.1, -0.05) is 23.4 Å². The maximum absolute atomic E-state index is 12.4. The van der Waals surface area contributed by atoms with Crippen molar-refractivity contribution in [3.05, 3.63) is 54.7 Å². The van der Waals surface area contributed by atoms with E-state index in [1.54, 1.807) is 30.3 Å². The summed E-state index contributed by atoms with van der Waals surface area (Å²) < 4.78 is 11.0. The first kappa shape index (κ1) is 16.2. The van der Waals surface area contributed by atoms with E-state index in [1.807, 2.05) is 30.3 Å². The van der Waals surface area contributed by atoms with Crippen molar-refractivity contribution in [2.75, 3.05) is 13.1 Å². The number of aromatic nitrogens is 4. The molecule has 1 aliphatic rings. The Morgan fingerprint density at radius 2 is 1.88 bits per heavy atom. The van der Waals surface area contributed by atoms with Crippen LogP contribution in [0.3, 0.4) is 0 Å². The highest BCUT2D eigenvalue weighted by molar-refractivity contribution is 5.81. The summed E-state index contributed by atoms with van der Waals surface area (Å²) in [5, 5.41) is 3.91. The molecule has 0 saturated carbocycles. The highest BCUT2D eigenvalue weighted by Crippen LogP contribution is 2.28. The van der Waals surface area contributed by atoms with Gasteiger partial charge in [0.15, 0.2) is 6.10 Å². The molecule has 0 bridgehead atoms. The number of para-hydroxylation sites is 1. The highest BCUT2D eigenvalue weighted by atomic mass is 16.5. The van der Waals surface area contributed by atoms with Crippen molar-refractivity contribution in [3.63, 3.8) is 0 Å². The van der Waals surface area contributed by atoms with Gasteiger partial charge in [-0.15, -0.1) is 0 Å². The van der Waals surface area contributed by atoms with Crippen LogP contribution in [0.15, 0.2) is 53.3 Å². The molecule has 8 heteroatoms. The van der Waals surface area contributed by atoms with Crippen LogP contribution >= 0.6 is 0 Å². The summed E-state index contributed by atoms with van der Waals surface area (Å²) in [6.07, 6.45) is 2.70. The van der Waals surface area contributed by atoms with E-state index in [-0.39, 0.29) is 11.8 Å². The SMILES string of the molecule is CC(Oc1ccccc1)C(=O)N1CC(c2nc(-c3ncccn3)no2)C1. The van der Waals surface area contributed by atoms with E-state index in [2.05, 4.69) is 20.1 Å². The smallest absolute Gasteiger partial charge is 0.263 e. The number of carbonyl (C=O) groups excluding carboxylic acids is 1. The summed E-state index contributed by atoms with van der Waals surface area (Å²) in [5.74, 6) is 1.90. The molecule has 0 radical (unpaired) electrons. The molecule has 1 atom stereocenters. The fourth-order valence-corrected chi connectivity index (χ4v) is 2.73. The zero-order chi connectivity index (χ0) is 17.9. The van der Waals surface area contributed by atoms with Crippen LogP contribution in [0.4, 0.5) is 0 Å². The Balaban J connectivity index is 1.34. The molecule has 3 aromatic rings. The van der Waals surface area contributed by atoms with Gasteiger partial charge in [-0.25, -0.2) is 9.97 Å². The van der Waals surface area contributed by atoms with E-state index in [1.165, 1.54) is 0 Å². The first-order chi connectivity index (χ1) is 12.7. The van der Waals surface area contributed by atoms with Crippen LogP contribution in [0, 0.1) is 0 Å². The van der Waals surface area contributed by atoms with Gasteiger partial charge in [-0.3, -0.25) is 4.79 Å². The summed E-state index contributed by atoms with van der Waals surface area (Å²) in [5.41, 5.74) is 0. The summed E-state index contributed by atoms with van der Waals surface area (Å²) >= 11 is 0. The molecule has 1 aromatic carbocycles. The quantitative estimate of drug-likeness (QED) is 0.693. The molecule has 4 rings (SSSR count). The molecule has 1 fully saturated rings. The third-order valence-electron chi connectivity index (χ3n) is 4.15. The summed E-state index contributed by atoms with van der Waals surface area (Å²) in [4.78, 5) is 26.7. The minimum atomic E-state index is -0.547. The average molecular weight is 351 g/mol. The van der Waals surface area contributed by atoms with Gasteiger partial charge >= 0.3 is 0 Å². The van der Waals surface area contributed by atoms with Crippen LogP contribution in [0.25, 0.3) is 11.6 Å². The fraction of sp³-hybridized carbons (Fsp3) is 0.278. The standard InChI is InChI=1S/C18H17N5O3/c1-12(25-14-6-3-2-4-7-14)18(24)23-10-13(11-23)17-21-16(22-26-17)15-19-8-5-9-20-15/h2-9,12-13H,10-11H2,1H3. The number of rotatable bonds is 5. The normalized spacial score (nSPS) is 15.3. The maximum Gasteiger partial charge on any atom is 0.263 e. The monoisotopic (exact) mass is 351 g/mol. The average Bonchev–Trinajstić information content (AvgIpc) is 3.11. The number of carbonyl (C=O) groups is 1. The predicted molar refractivity (Wildman–Crippen MR) is 91.2 cm³/mol. The van der Waals surface area contributed by atoms with E-state index in [0.29, 0.717) is 36.4 Å². The minimum absolute atomic E-state index is 0.0211. The van der Waals surface area contributed by atoms with Crippen LogP contribution < -0.4 is 4.74 Å². The summed E-state index contributed by atoms with van der Waals surface area (Å²) in [7, 11) is 0. The fourth-order valence-electron chi connectivity index (χ4n) is 2.73. The van der Waals surface area contributed by atoms with Gasteiger partial charge in [0.2, 0.25) is 17.5 Å². The van der Waals surface area contributed by atoms with E-state index in [9.17, 15) is 4.79 Å². The van der Waals surface area contributed by atoms with Crippen LogP contribution in [0.5, 0.6) is 5.75 Å². The Labute approximate surface area is 149 Å². The van der Waals surface area contributed by atoms with Crippen molar-refractivity contribution in [2.24, 2.45) is 0 Å². The molecule has 0 spiro atoms. The lowest BCUT2D eigenvalue weighted by atomic mass is 9.99. The first-order valence-electron chi connectivity index (χ1n) is 8.32. The third-order valence-corrected chi connectivity index (χ3v) is 4.15. The van der Waals surface area contributed by atoms with E-state index < -0.39 is 6.10 Å². The van der Waals surface area contributed by atoms with Crippen molar-refractivity contribution < 1.29 is 14.1 Å². The molecular formula is C18H17N5O3. The van der Waals surface area contributed by atoms with Gasteiger partial charge in [-0.2, -0.15) is 4.98 Å². The molecule has 26 heavy (non-hydrogen) atoms. The lowest BCUT2D eigenvalue weighted by Gasteiger charge is -2.38. The van der Waals surface area contributed by atoms with Crippen LogP contribution in [-0.2, 0) is 4.79 Å². The van der Waals surface area contributed by atoms with Gasteiger partial charge in [-0.05, 0) is 25.1 Å². The molecular weight excluding hydrogens is 334 g/mol. The largest absolute Gasteiger partial charge is 0.481 e. The third kappa shape index (κ3) is 3.26. The number of hydrogen-bond acceptors (Lipinski definition) is 7. The molecule has 3 heterocycles. The second-order valence-corrected chi connectivity index (χ2v) is 6.04. The summed E-state index contributed by atoms with van der Waals surface area (Å²) in [6.45, 7) is 2.80. The Bertz CT molecular complexity index is 878. The van der Waals surface area contributed by atoms with Crippen LogP contribution in [0.1, 0.15) is 18.7 Å². The number of nitrogens with zero attached hydrogens (tertiary/aromatic N) is 5. The second kappa shape index (κ2) is 6.91. The zero-order valence-corrected chi connectivity index (χ0v) is 14.1. The zero-order valence-electron chi connectivity index (χ0n) is 14.1. The lowest BCUT2D eigenvalue weighted by Crippen LogP contribution is -2.52. The molecule has 2 aromatic heterocycles. The van der Waals surface area contributed by atoms with Crippen molar-refractivity contribution in [2.45, 2.75) is 18.9 Å². The molecule has 1 unspecified atom stereocenters. The minimum Gasteiger partial charge on any atom is -0.481 e. The van der Waals surface area contributed by atoms with Crippen LogP contribution in [0.2, 0.25) is 0 Å². The number of likely N-dealkylation sites (tertiary alicyclic amines) is 1. The summed E-state index contributed by atoms with van der Waals surface area (Å²) in [6, 6.07) is 11.0.